The summed E-state index contributed by atoms with van der Waals surface area (Å²) in [5.74, 6) is 0.164. The zero-order chi connectivity index (χ0) is 30.8. The van der Waals surface area contributed by atoms with Gasteiger partial charge in [0.1, 0.15) is 18.0 Å². The number of methoxy groups -OCH3 is 1. The number of ether oxygens (including phenoxy) is 2. The predicted octanol–water partition coefficient (Wildman–Crippen LogP) is 5.02. The van der Waals surface area contributed by atoms with Crippen LogP contribution < -0.4 is 24.5 Å². The van der Waals surface area contributed by atoms with Gasteiger partial charge in [0.05, 0.1) is 23.9 Å². The Labute approximate surface area is 254 Å². The maximum absolute atomic E-state index is 13.5. The second-order valence-electron chi connectivity index (χ2n) is 9.23. The highest BCUT2D eigenvalue weighted by atomic mass is 35.5. The SMILES string of the molecule is COc1ccc(NC(=O)COc2ccc(/C=N\NC(=O)CN(c3cccc(Cl)c3)S(=O)(=O)c3ccc(C)cc3)cc2)cc1. The van der Waals surface area contributed by atoms with Gasteiger partial charge in [-0.2, -0.15) is 5.10 Å². The van der Waals surface area contributed by atoms with Gasteiger partial charge in [-0.25, -0.2) is 13.8 Å². The van der Waals surface area contributed by atoms with Gasteiger partial charge >= 0.3 is 0 Å². The van der Waals surface area contributed by atoms with Gasteiger partial charge in [-0.05, 0) is 91.3 Å². The van der Waals surface area contributed by atoms with Crippen molar-refractivity contribution in [3.05, 3.63) is 113 Å². The molecule has 0 bridgehead atoms. The molecule has 4 rings (SSSR count). The van der Waals surface area contributed by atoms with E-state index < -0.39 is 22.5 Å². The van der Waals surface area contributed by atoms with Crippen LogP contribution in [0, 0.1) is 6.92 Å². The van der Waals surface area contributed by atoms with E-state index in [9.17, 15) is 18.0 Å². The van der Waals surface area contributed by atoms with E-state index in [0.29, 0.717) is 27.8 Å². The summed E-state index contributed by atoms with van der Waals surface area (Å²) in [6, 6.07) is 26.2. The van der Waals surface area contributed by atoms with Crippen molar-refractivity contribution < 1.29 is 27.5 Å². The van der Waals surface area contributed by atoms with Crippen LogP contribution in [0.5, 0.6) is 11.5 Å². The number of carbonyl (C=O) groups is 2. The molecule has 0 aliphatic heterocycles. The minimum Gasteiger partial charge on any atom is -0.497 e. The first-order chi connectivity index (χ1) is 20.6. The molecule has 0 atom stereocenters. The number of carbonyl (C=O) groups excluding carboxylic acids is 2. The summed E-state index contributed by atoms with van der Waals surface area (Å²) in [6.45, 7) is 1.13. The van der Waals surface area contributed by atoms with E-state index in [1.165, 1.54) is 24.4 Å². The van der Waals surface area contributed by atoms with Gasteiger partial charge in [0, 0.05) is 10.7 Å². The van der Waals surface area contributed by atoms with Crippen LogP contribution in [0.2, 0.25) is 5.02 Å². The topological polar surface area (TPSA) is 126 Å². The lowest BCUT2D eigenvalue weighted by Crippen LogP contribution is -2.39. The second kappa shape index (κ2) is 14.3. The Morgan fingerprint density at radius 1 is 0.907 bits per heavy atom. The van der Waals surface area contributed by atoms with Crippen molar-refractivity contribution >= 4 is 51.0 Å². The number of sulfonamides is 1. The van der Waals surface area contributed by atoms with E-state index in [2.05, 4.69) is 15.8 Å². The third-order valence-electron chi connectivity index (χ3n) is 6.02. The highest BCUT2D eigenvalue weighted by molar-refractivity contribution is 7.92. The number of anilines is 2. The average Bonchev–Trinajstić information content (AvgIpc) is 3.00. The molecule has 222 valence electrons. The molecule has 4 aromatic rings. The van der Waals surface area contributed by atoms with Crippen LogP contribution in [0.15, 0.2) is 107 Å². The highest BCUT2D eigenvalue weighted by Crippen LogP contribution is 2.26. The molecule has 0 radical (unpaired) electrons. The molecule has 12 heteroatoms. The molecule has 0 saturated carbocycles. The monoisotopic (exact) mass is 620 g/mol. The van der Waals surface area contributed by atoms with Crippen LogP contribution in [0.3, 0.4) is 0 Å². The summed E-state index contributed by atoms with van der Waals surface area (Å²) in [5, 5.41) is 7.01. The molecule has 10 nitrogen and oxygen atoms in total. The van der Waals surface area contributed by atoms with E-state index in [4.69, 9.17) is 21.1 Å². The first-order valence-corrected chi connectivity index (χ1v) is 14.8. The Bertz CT molecular complexity index is 1690. The number of halogens is 1. The van der Waals surface area contributed by atoms with Crippen LogP contribution >= 0.6 is 11.6 Å². The van der Waals surface area contributed by atoms with Crippen LogP contribution in [0.1, 0.15) is 11.1 Å². The van der Waals surface area contributed by atoms with Gasteiger partial charge < -0.3 is 14.8 Å². The number of nitrogens with one attached hydrogen (secondary N) is 2. The molecule has 0 fully saturated rings. The molecule has 43 heavy (non-hydrogen) atoms. The number of nitrogens with zero attached hydrogens (tertiary/aromatic N) is 2. The predicted molar refractivity (Wildman–Crippen MR) is 166 cm³/mol. The number of benzene rings is 4. The maximum atomic E-state index is 13.5. The largest absolute Gasteiger partial charge is 0.497 e. The molecule has 0 unspecified atom stereocenters. The number of hydrazone groups is 1. The molecule has 2 amide bonds. The Balaban J connectivity index is 1.33. The lowest BCUT2D eigenvalue weighted by molar-refractivity contribution is -0.119. The average molecular weight is 621 g/mol. The van der Waals surface area contributed by atoms with Crippen molar-refractivity contribution in [2.24, 2.45) is 5.10 Å². The van der Waals surface area contributed by atoms with Gasteiger partial charge in [0.25, 0.3) is 21.8 Å². The number of hydrogen-bond donors (Lipinski definition) is 2. The zero-order valence-corrected chi connectivity index (χ0v) is 24.9. The van der Waals surface area contributed by atoms with Crippen molar-refractivity contribution in [3.8, 4) is 11.5 Å². The molecule has 2 N–H and O–H groups in total. The molecule has 4 aromatic carbocycles. The van der Waals surface area contributed by atoms with Gasteiger partial charge in [0.15, 0.2) is 6.61 Å². The van der Waals surface area contributed by atoms with Crippen molar-refractivity contribution in [3.63, 3.8) is 0 Å². The number of amides is 2. The molecule has 0 aromatic heterocycles. The van der Waals surface area contributed by atoms with Crippen LogP contribution in [-0.2, 0) is 19.6 Å². The number of hydrogen-bond acceptors (Lipinski definition) is 7. The van der Waals surface area contributed by atoms with Gasteiger partial charge in [-0.3, -0.25) is 13.9 Å². The van der Waals surface area contributed by atoms with Gasteiger partial charge in [0.2, 0.25) is 0 Å². The Morgan fingerprint density at radius 2 is 1.58 bits per heavy atom. The van der Waals surface area contributed by atoms with Crippen LogP contribution in [0.4, 0.5) is 11.4 Å². The maximum Gasteiger partial charge on any atom is 0.264 e. The van der Waals surface area contributed by atoms with Crippen molar-refractivity contribution in [1.82, 2.24) is 5.43 Å². The molecular weight excluding hydrogens is 592 g/mol. The summed E-state index contributed by atoms with van der Waals surface area (Å²) < 4.78 is 38.5. The van der Waals surface area contributed by atoms with Gasteiger partial charge in [-0.1, -0.05) is 35.4 Å². The third kappa shape index (κ3) is 8.81. The smallest absolute Gasteiger partial charge is 0.264 e. The molecule has 0 spiro atoms. The first-order valence-electron chi connectivity index (χ1n) is 13.0. The summed E-state index contributed by atoms with van der Waals surface area (Å²) in [7, 11) is -2.52. The van der Waals surface area contributed by atoms with Crippen LogP contribution in [-0.4, -0.2) is 46.7 Å². The Hall–Kier alpha value is -4.87. The summed E-state index contributed by atoms with van der Waals surface area (Å²) >= 11 is 6.10. The Kier molecular flexibility index (Phi) is 10.4. The van der Waals surface area contributed by atoms with E-state index >= 15 is 0 Å². The number of rotatable bonds is 12. The highest BCUT2D eigenvalue weighted by Gasteiger charge is 2.27. The van der Waals surface area contributed by atoms with E-state index in [-0.39, 0.29) is 23.1 Å². The van der Waals surface area contributed by atoms with Gasteiger partial charge in [-0.15, -0.1) is 0 Å². The minimum atomic E-state index is -4.08. The zero-order valence-electron chi connectivity index (χ0n) is 23.4. The quantitative estimate of drug-likeness (QED) is 0.169. The Morgan fingerprint density at radius 3 is 2.23 bits per heavy atom. The second-order valence-corrected chi connectivity index (χ2v) is 11.5. The standard InChI is InChI=1S/C31H29ClN4O6S/c1-22-6-16-29(17-7-22)43(39,40)36(26-5-3-4-24(32)18-26)20-30(37)35-33-19-23-8-12-28(13-9-23)42-21-31(38)34-25-10-14-27(41-2)15-11-25/h3-19H,20-21H2,1-2H3,(H,34,38)(H,35,37)/b33-19-. The van der Waals surface area contributed by atoms with Crippen molar-refractivity contribution in [2.45, 2.75) is 11.8 Å². The molecule has 0 aliphatic carbocycles. The fourth-order valence-electron chi connectivity index (χ4n) is 3.80. The molecule has 0 aliphatic rings. The van der Waals surface area contributed by atoms with E-state index in [1.807, 2.05) is 6.92 Å². The first kappa shape index (κ1) is 31.1. The lowest BCUT2D eigenvalue weighted by atomic mass is 10.2. The molecular formula is C31H29ClN4O6S. The normalized spacial score (nSPS) is 11.1. The molecule has 0 heterocycles. The third-order valence-corrected chi connectivity index (χ3v) is 8.04. The minimum absolute atomic E-state index is 0.0369. The van der Waals surface area contributed by atoms with Crippen molar-refractivity contribution in [2.75, 3.05) is 29.9 Å². The fraction of sp³-hybridized carbons (Fsp3) is 0.129. The number of aryl methyl sites for hydroxylation is 1. The summed E-state index contributed by atoms with van der Waals surface area (Å²) in [5.41, 5.74) is 4.75. The van der Waals surface area contributed by atoms with E-state index in [0.717, 1.165) is 9.87 Å². The summed E-state index contributed by atoms with van der Waals surface area (Å²) in [6.07, 6.45) is 1.40. The van der Waals surface area contributed by atoms with E-state index in [1.54, 1.807) is 86.0 Å². The fourth-order valence-corrected chi connectivity index (χ4v) is 5.40. The summed E-state index contributed by atoms with van der Waals surface area (Å²) in [4.78, 5) is 25.0. The van der Waals surface area contributed by atoms with Crippen LogP contribution in [0.25, 0.3) is 0 Å². The molecule has 0 saturated heterocycles. The van der Waals surface area contributed by atoms with Crippen molar-refractivity contribution in [1.29, 1.82) is 0 Å². The lowest BCUT2D eigenvalue weighted by Gasteiger charge is -2.24.